The largest absolute Gasteiger partial charge is 0.456 e. The van der Waals surface area contributed by atoms with Crippen molar-refractivity contribution in [1.82, 2.24) is 4.57 Å². The molecule has 81 heavy (non-hydrogen) atoms. The van der Waals surface area contributed by atoms with Crippen molar-refractivity contribution in [3.8, 4) is 72.4 Å². The van der Waals surface area contributed by atoms with Crippen molar-refractivity contribution < 1.29 is 4.42 Å². The van der Waals surface area contributed by atoms with Gasteiger partial charge in [-0.3, -0.25) is 0 Å². The number of rotatable bonds is 8. The first-order valence-corrected chi connectivity index (χ1v) is 28.3. The zero-order chi connectivity index (χ0) is 54.1. The molecule has 16 rings (SSSR count). The highest BCUT2D eigenvalue weighted by atomic mass is 16.3. The van der Waals surface area contributed by atoms with Crippen LogP contribution in [0.4, 0.5) is 17.1 Å². The molecular weight excluding hydrogens is 981 g/mol. The average molecular weight is 1040 g/mol. The third-order valence-corrected chi connectivity index (χ3v) is 18.0. The molecule has 0 amide bonds. The Morgan fingerprint density at radius 3 is 1.32 bits per heavy atom. The molecule has 2 aromatic heterocycles. The fraction of sp³-hybridized carbons (Fsp3) is 0.0769. The van der Waals surface area contributed by atoms with E-state index >= 15 is 0 Å². The molecule has 0 saturated heterocycles. The van der Waals surface area contributed by atoms with Gasteiger partial charge in [0.15, 0.2) is 0 Å². The fourth-order valence-electron chi connectivity index (χ4n) is 13.8. The number of fused-ring (bicyclic) bond motifs is 12. The van der Waals surface area contributed by atoms with Gasteiger partial charge in [-0.05, 0) is 180 Å². The van der Waals surface area contributed by atoms with E-state index in [4.69, 9.17) is 4.42 Å². The highest BCUT2D eigenvalue weighted by Gasteiger charge is 2.39. The van der Waals surface area contributed by atoms with E-state index in [2.05, 4.69) is 304 Å². The maximum Gasteiger partial charge on any atom is 0.137 e. The van der Waals surface area contributed by atoms with Gasteiger partial charge in [-0.1, -0.05) is 204 Å². The number of nitrogens with zero attached hydrogens (tertiary/aromatic N) is 2. The average Bonchev–Trinajstić information content (AvgIpc) is 4.33. The van der Waals surface area contributed by atoms with Crippen molar-refractivity contribution in [2.45, 2.75) is 38.5 Å². The topological polar surface area (TPSA) is 21.3 Å². The Balaban J connectivity index is 0.850. The van der Waals surface area contributed by atoms with Crippen molar-refractivity contribution in [2.24, 2.45) is 0 Å². The van der Waals surface area contributed by atoms with Crippen LogP contribution in [0, 0.1) is 0 Å². The Hall–Kier alpha value is -9.96. The molecule has 3 heteroatoms. The molecule has 384 valence electrons. The quantitative estimate of drug-likeness (QED) is 0.151. The van der Waals surface area contributed by atoms with Gasteiger partial charge in [0, 0.05) is 44.1 Å². The molecule has 0 saturated carbocycles. The first-order chi connectivity index (χ1) is 39.7. The van der Waals surface area contributed by atoms with E-state index in [0.717, 1.165) is 55.8 Å². The summed E-state index contributed by atoms with van der Waals surface area (Å²) in [7, 11) is 0. The van der Waals surface area contributed by atoms with Gasteiger partial charge in [0.1, 0.15) is 11.2 Å². The lowest BCUT2D eigenvalue weighted by Gasteiger charge is -2.30. The van der Waals surface area contributed by atoms with E-state index in [1.54, 1.807) is 0 Å². The van der Waals surface area contributed by atoms with Gasteiger partial charge in [0.2, 0.25) is 0 Å². The molecule has 0 atom stereocenters. The van der Waals surface area contributed by atoms with Crippen LogP contribution >= 0.6 is 0 Å². The van der Waals surface area contributed by atoms with Crippen LogP contribution in [0.2, 0.25) is 0 Å². The summed E-state index contributed by atoms with van der Waals surface area (Å²) in [6, 6.07) is 98.5. The summed E-state index contributed by atoms with van der Waals surface area (Å²) in [5, 5.41) is 4.60. The molecular formula is C78H56N2O. The Labute approximate surface area is 472 Å². The molecule has 14 aromatic rings. The van der Waals surface area contributed by atoms with Crippen LogP contribution in [0.3, 0.4) is 0 Å². The summed E-state index contributed by atoms with van der Waals surface area (Å²) in [5.41, 5.74) is 28.2. The van der Waals surface area contributed by atoms with Crippen LogP contribution in [-0.4, -0.2) is 4.57 Å². The van der Waals surface area contributed by atoms with Gasteiger partial charge in [-0.15, -0.1) is 0 Å². The summed E-state index contributed by atoms with van der Waals surface area (Å²) in [4.78, 5) is 2.50. The van der Waals surface area contributed by atoms with E-state index in [1.807, 2.05) is 0 Å². The van der Waals surface area contributed by atoms with Crippen LogP contribution in [0.5, 0.6) is 0 Å². The summed E-state index contributed by atoms with van der Waals surface area (Å²) in [6.07, 6.45) is 0. The minimum atomic E-state index is -0.251. The van der Waals surface area contributed by atoms with E-state index < -0.39 is 0 Å². The lowest BCUT2D eigenvalue weighted by atomic mass is 9.81. The fourth-order valence-corrected chi connectivity index (χ4v) is 13.8. The highest BCUT2D eigenvalue weighted by molar-refractivity contribution is 6.15. The van der Waals surface area contributed by atoms with Crippen molar-refractivity contribution in [1.29, 1.82) is 0 Å². The van der Waals surface area contributed by atoms with Crippen molar-refractivity contribution in [2.75, 3.05) is 4.90 Å². The minimum absolute atomic E-state index is 0.251. The Bertz CT molecular complexity index is 4700. The summed E-state index contributed by atoms with van der Waals surface area (Å²) >= 11 is 0. The van der Waals surface area contributed by atoms with Crippen LogP contribution < -0.4 is 4.90 Å². The number of hydrogen-bond donors (Lipinski definition) is 0. The maximum absolute atomic E-state index is 6.89. The van der Waals surface area contributed by atoms with E-state index in [9.17, 15) is 0 Å². The third-order valence-electron chi connectivity index (χ3n) is 18.0. The molecule has 3 nitrogen and oxygen atoms in total. The van der Waals surface area contributed by atoms with Crippen LogP contribution in [0.1, 0.15) is 49.9 Å². The molecule has 0 fully saturated rings. The molecule has 12 aromatic carbocycles. The normalized spacial score (nSPS) is 13.6. The van der Waals surface area contributed by atoms with Crippen LogP contribution in [0.25, 0.3) is 116 Å². The van der Waals surface area contributed by atoms with E-state index in [1.165, 1.54) is 99.7 Å². The van der Waals surface area contributed by atoms with Crippen LogP contribution in [0.15, 0.2) is 271 Å². The molecule has 0 bridgehead atoms. The van der Waals surface area contributed by atoms with Crippen LogP contribution in [-0.2, 0) is 10.8 Å². The molecule has 2 heterocycles. The minimum Gasteiger partial charge on any atom is -0.456 e. The standard InChI is InChI=1S/C78H56N2O/c1-77(2)67-45-55(50-19-10-6-11-20-50)29-37-60(67)62-39-35-58(47-69(62)77)79(59-36-40-63-61-38-30-56(51-21-12-7-13-22-51)46-68(61)78(3,4)70(63)48-59)73-25-16-26-75-76(73)66-44-54(32-42-74(66)81-75)53-31-41-72-65(43-53)64-23-14-15-24-71(64)80(72)57-33-27-52(28-34-57)49-17-8-5-9-18-49/h5-48H,1-4H3. The smallest absolute Gasteiger partial charge is 0.137 e. The number of anilines is 3. The van der Waals surface area contributed by atoms with Gasteiger partial charge in [0.05, 0.1) is 22.1 Å². The highest BCUT2D eigenvalue weighted by Crippen LogP contribution is 2.55. The molecule has 0 spiro atoms. The number of aromatic nitrogens is 1. The van der Waals surface area contributed by atoms with Crippen molar-refractivity contribution in [3.63, 3.8) is 0 Å². The van der Waals surface area contributed by atoms with Crippen molar-refractivity contribution >= 4 is 60.8 Å². The summed E-state index contributed by atoms with van der Waals surface area (Å²) in [6.45, 7) is 9.57. The Kier molecular flexibility index (Phi) is 10.3. The molecule has 2 aliphatic carbocycles. The molecule has 0 radical (unpaired) electrons. The van der Waals surface area contributed by atoms with Gasteiger partial charge in [-0.2, -0.15) is 0 Å². The first kappa shape index (κ1) is 47.1. The molecule has 0 aliphatic heterocycles. The number of para-hydroxylation sites is 1. The zero-order valence-electron chi connectivity index (χ0n) is 45.7. The second-order valence-corrected chi connectivity index (χ2v) is 23.3. The predicted octanol–water partition coefficient (Wildman–Crippen LogP) is 21.4. The zero-order valence-corrected chi connectivity index (χ0v) is 45.7. The third kappa shape index (κ3) is 7.28. The summed E-state index contributed by atoms with van der Waals surface area (Å²) in [5.74, 6) is 0. The molecule has 2 aliphatic rings. The summed E-state index contributed by atoms with van der Waals surface area (Å²) < 4.78 is 9.29. The number of benzene rings is 12. The Morgan fingerprint density at radius 1 is 0.309 bits per heavy atom. The molecule has 0 N–H and O–H groups in total. The maximum atomic E-state index is 6.89. The lowest BCUT2D eigenvalue weighted by molar-refractivity contribution is 0.660. The second kappa shape index (κ2) is 17.8. The first-order valence-electron chi connectivity index (χ1n) is 28.3. The van der Waals surface area contributed by atoms with Gasteiger partial charge < -0.3 is 13.9 Å². The molecule has 0 unspecified atom stereocenters. The lowest BCUT2D eigenvalue weighted by Crippen LogP contribution is -2.18. The number of furan rings is 1. The number of hydrogen-bond acceptors (Lipinski definition) is 2. The second-order valence-electron chi connectivity index (χ2n) is 23.3. The van der Waals surface area contributed by atoms with E-state index in [-0.39, 0.29) is 10.8 Å². The monoisotopic (exact) mass is 1040 g/mol. The van der Waals surface area contributed by atoms with Gasteiger partial charge >= 0.3 is 0 Å². The van der Waals surface area contributed by atoms with Gasteiger partial charge in [0.25, 0.3) is 0 Å². The Morgan fingerprint density at radius 2 is 0.741 bits per heavy atom. The van der Waals surface area contributed by atoms with Crippen molar-refractivity contribution in [3.05, 3.63) is 289 Å². The predicted molar refractivity (Wildman–Crippen MR) is 340 cm³/mol. The van der Waals surface area contributed by atoms with E-state index in [0.29, 0.717) is 0 Å². The van der Waals surface area contributed by atoms with Gasteiger partial charge in [-0.25, -0.2) is 0 Å². The SMILES string of the molecule is CC1(C)c2cc(-c3ccccc3)ccc2-c2ccc(N(c3ccc4c(c3)C(C)(C)c3cc(-c5ccccc5)ccc3-4)c3cccc4oc5ccc(-c6ccc7c(c6)c6ccccc6n7-c6ccc(-c7ccccc7)cc6)cc5c34)cc21.